The number of hydrogen-bond acceptors (Lipinski definition) is 7. The highest BCUT2D eigenvalue weighted by Gasteiger charge is 2.46. The van der Waals surface area contributed by atoms with Gasteiger partial charge in [-0.25, -0.2) is 14.8 Å². The average Bonchev–Trinajstić information content (AvgIpc) is 3.69. The summed E-state index contributed by atoms with van der Waals surface area (Å²) in [4.78, 5) is 37.6. The number of halogens is 3. The highest BCUT2D eigenvalue weighted by molar-refractivity contribution is 5.78. The molecule has 5 atom stereocenters. The normalized spacial score (nSPS) is 26.9. The zero-order valence-electron chi connectivity index (χ0n) is 23.2. The smallest absolute Gasteiger partial charge is 0.416 e. The lowest BCUT2D eigenvalue weighted by Crippen LogP contribution is -2.39. The fraction of sp³-hybridized carbons (Fsp3) is 0.467. The van der Waals surface area contributed by atoms with Gasteiger partial charge in [0.05, 0.1) is 36.9 Å². The van der Waals surface area contributed by atoms with Gasteiger partial charge in [0.2, 0.25) is 5.95 Å². The molecule has 3 unspecified atom stereocenters. The topological polar surface area (TPSA) is 105 Å². The van der Waals surface area contributed by atoms with Crippen molar-refractivity contribution < 1.29 is 37.3 Å². The van der Waals surface area contributed by atoms with Gasteiger partial charge in [0, 0.05) is 36.3 Å². The van der Waals surface area contributed by atoms with Gasteiger partial charge in [0.15, 0.2) is 0 Å². The SMILES string of the molecule is COc1ccc(C2CC2C(=O)O)cc1-c1cnc(N2CCC2)nc1CN1C(=O)O[C@H](C2C=C(C(F)(F)F)C=CC2)[C@@H]1C. The number of carboxylic acids is 1. The van der Waals surface area contributed by atoms with Crippen LogP contribution in [0.15, 0.2) is 48.2 Å². The average molecular weight is 585 g/mol. The van der Waals surface area contributed by atoms with E-state index in [4.69, 9.17) is 14.5 Å². The number of nitrogens with zero attached hydrogens (tertiary/aromatic N) is 4. The molecule has 1 N–H and O–H groups in total. The van der Waals surface area contributed by atoms with Gasteiger partial charge < -0.3 is 19.5 Å². The highest BCUT2D eigenvalue weighted by Crippen LogP contribution is 2.49. The number of aromatic nitrogens is 2. The van der Waals surface area contributed by atoms with Gasteiger partial charge in [0.1, 0.15) is 11.9 Å². The number of carbonyl (C=O) groups excluding carboxylic acids is 1. The van der Waals surface area contributed by atoms with Crippen LogP contribution in [0.4, 0.5) is 23.9 Å². The van der Waals surface area contributed by atoms with E-state index in [9.17, 15) is 27.9 Å². The van der Waals surface area contributed by atoms with Gasteiger partial charge in [0.25, 0.3) is 0 Å². The van der Waals surface area contributed by atoms with E-state index in [2.05, 4.69) is 4.98 Å². The largest absolute Gasteiger partial charge is 0.496 e. The van der Waals surface area contributed by atoms with Crippen molar-refractivity contribution in [2.24, 2.45) is 11.8 Å². The van der Waals surface area contributed by atoms with Crippen LogP contribution in [0, 0.1) is 11.8 Å². The number of amides is 1. The molecule has 2 aliphatic heterocycles. The van der Waals surface area contributed by atoms with Crippen LogP contribution in [0.5, 0.6) is 5.75 Å². The second-order valence-corrected chi connectivity index (χ2v) is 11.3. The molecular formula is C30H31F3N4O5. The van der Waals surface area contributed by atoms with Crippen molar-refractivity contribution in [1.29, 1.82) is 0 Å². The number of ether oxygens (including phenoxy) is 2. The molecular weight excluding hydrogens is 553 g/mol. The minimum atomic E-state index is -4.48. The Balaban J connectivity index is 1.33. The molecule has 3 heterocycles. The van der Waals surface area contributed by atoms with Gasteiger partial charge in [-0.1, -0.05) is 24.3 Å². The predicted molar refractivity (Wildman–Crippen MR) is 146 cm³/mol. The fourth-order valence-electron chi connectivity index (χ4n) is 5.99. The van der Waals surface area contributed by atoms with Crippen LogP contribution < -0.4 is 9.64 Å². The lowest BCUT2D eigenvalue weighted by Gasteiger charge is -2.31. The second-order valence-electron chi connectivity index (χ2n) is 11.3. The minimum Gasteiger partial charge on any atom is -0.496 e. The molecule has 1 aromatic heterocycles. The molecule has 2 aliphatic carbocycles. The van der Waals surface area contributed by atoms with Crippen molar-refractivity contribution in [1.82, 2.24) is 14.9 Å². The zero-order valence-corrected chi connectivity index (χ0v) is 23.2. The van der Waals surface area contributed by atoms with E-state index in [0.717, 1.165) is 37.2 Å². The van der Waals surface area contributed by atoms with Crippen LogP contribution in [0.1, 0.15) is 43.4 Å². The number of hydrogen-bond donors (Lipinski definition) is 1. The van der Waals surface area contributed by atoms with Gasteiger partial charge in [-0.05, 0) is 49.8 Å². The van der Waals surface area contributed by atoms with E-state index in [1.165, 1.54) is 18.1 Å². The van der Waals surface area contributed by atoms with Gasteiger partial charge in [-0.15, -0.1) is 0 Å². The molecule has 6 rings (SSSR count). The van der Waals surface area contributed by atoms with Crippen molar-refractivity contribution >= 4 is 18.0 Å². The molecule has 0 spiro atoms. The lowest BCUT2D eigenvalue weighted by molar-refractivity contribution is -0.138. The molecule has 42 heavy (non-hydrogen) atoms. The van der Waals surface area contributed by atoms with E-state index in [1.807, 2.05) is 17.0 Å². The van der Waals surface area contributed by atoms with E-state index in [0.29, 0.717) is 41.4 Å². The maximum atomic E-state index is 13.4. The molecule has 9 nitrogen and oxygen atoms in total. The number of methoxy groups -OCH3 is 1. The summed E-state index contributed by atoms with van der Waals surface area (Å²) >= 11 is 0. The van der Waals surface area contributed by atoms with Gasteiger partial charge in [-0.2, -0.15) is 13.2 Å². The Morgan fingerprint density at radius 1 is 1.24 bits per heavy atom. The summed E-state index contributed by atoms with van der Waals surface area (Å²) in [6.07, 6.45) is 1.39. The standard InChI is InChI=1S/C30H31F3N4O5/c1-16-26(18-5-3-6-19(11-18)30(31,32)33)42-29(40)37(16)15-24-23(14-34-28(35-24)36-9-4-10-36)21-12-17(7-8-25(21)41-2)20-13-22(20)27(38)39/h3,6-8,11-12,14,16,18,20,22,26H,4-5,9-10,13,15H2,1-2H3,(H,38,39)/t16-,18?,20?,22?,26-/m0/s1. The van der Waals surface area contributed by atoms with Gasteiger partial charge >= 0.3 is 18.2 Å². The summed E-state index contributed by atoms with van der Waals surface area (Å²) in [6, 6.07) is 5.02. The van der Waals surface area contributed by atoms with Crippen LogP contribution >= 0.6 is 0 Å². The van der Waals surface area contributed by atoms with Crippen molar-refractivity contribution in [3.63, 3.8) is 0 Å². The first-order chi connectivity index (χ1) is 20.0. The van der Waals surface area contributed by atoms with Crippen LogP contribution in [0.2, 0.25) is 0 Å². The molecule has 2 aromatic rings. The zero-order chi connectivity index (χ0) is 29.8. The third kappa shape index (κ3) is 5.18. The third-order valence-electron chi connectivity index (χ3n) is 8.65. The van der Waals surface area contributed by atoms with E-state index in [1.54, 1.807) is 19.2 Å². The summed E-state index contributed by atoms with van der Waals surface area (Å²) in [5.74, 6) is -0.923. The van der Waals surface area contributed by atoms with E-state index < -0.39 is 47.8 Å². The molecule has 1 saturated carbocycles. The third-order valence-corrected chi connectivity index (χ3v) is 8.65. The highest BCUT2D eigenvalue weighted by atomic mass is 19.4. The number of carbonyl (C=O) groups is 2. The summed E-state index contributed by atoms with van der Waals surface area (Å²) in [6.45, 7) is 3.43. The van der Waals surface area contributed by atoms with Crippen molar-refractivity contribution in [2.75, 3.05) is 25.1 Å². The fourth-order valence-corrected chi connectivity index (χ4v) is 5.99. The Labute approximate surface area is 240 Å². The first-order valence-corrected chi connectivity index (χ1v) is 14.0. The number of anilines is 1. The molecule has 0 bridgehead atoms. The number of allylic oxidation sites excluding steroid dienone is 3. The Morgan fingerprint density at radius 2 is 2.02 bits per heavy atom. The predicted octanol–water partition coefficient (Wildman–Crippen LogP) is 5.32. The van der Waals surface area contributed by atoms with Gasteiger partial charge in [-0.3, -0.25) is 9.69 Å². The van der Waals surface area contributed by atoms with Crippen LogP contribution in [-0.4, -0.2) is 70.6 Å². The summed E-state index contributed by atoms with van der Waals surface area (Å²) < 4.78 is 51.5. The first kappa shape index (κ1) is 28.0. The molecule has 222 valence electrons. The molecule has 2 saturated heterocycles. The Kier molecular flexibility index (Phi) is 7.10. The summed E-state index contributed by atoms with van der Waals surface area (Å²) in [5.41, 5.74) is 1.94. The van der Waals surface area contributed by atoms with Crippen molar-refractivity contribution in [3.05, 3.63) is 59.5 Å². The van der Waals surface area contributed by atoms with E-state index in [-0.39, 0.29) is 12.5 Å². The Bertz CT molecular complexity index is 1470. The molecule has 3 fully saturated rings. The minimum absolute atomic E-state index is 0.0438. The molecule has 12 heteroatoms. The molecule has 1 aromatic carbocycles. The maximum absolute atomic E-state index is 13.4. The van der Waals surface area contributed by atoms with Crippen molar-refractivity contribution in [2.45, 2.75) is 57.0 Å². The monoisotopic (exact) mass is 584 g/mol. The number of rotatable bonds is 8. The summed E-state index contributed by atoms with van der Waals surface area (Å²) in [5, 5.41) is 9.44. The maximum Gasteiger partial charge on any atom is 0.416 e. The van der Waals surface area contributed by atoms with Crippen LogP contribution in [0.3, 0.4) is 0 Å². The summed E-state index contributed by atoms with van der Waals surface area (Å²) in [7, 11) is 1.54. The lowest BCUT2D eigenvalue weighted by atomic mass is 9.88. The molecule has 1 amide bonds. The Hall–Kier alpha value is -4.09. The number of aliphatic carboxylic acids is 1. The van der Waals surface area contributed by atoms with Crippen LogP contribution in [0.25, 0.3) is 11.1 Å². The second kappa shape index (κ2) is 10.6. The molecule has 4 aliphatic rings. The Morgan fingerprint density at radius 3 is 2.67 bits per heavy atom. The molecule has 0 radical (unpaired) electrons. The number of benzene rings is 1. The van der Waals surface area contributed by atoms with Crippen molar-refractivity contribution in [3.8, 4) is 16.9 Å². The van der Waals surface area contributed by atoms with E-state index >= 15 is 0 Å². The first-order valence-electron chi connectivity index (χ1n) is 14.0. The number of carboxylic acid groups (broad SMARTS) is 1. The quantitative estimate of drug-likeness (QED) is 0.445. The number of cyclic esters (lactones) is 1. The number of alkyl halides is 3. The van der Waals surface area contributed by atoms with Crippen LogP contribution in [-0.2, 0) is 16.1 Å².